The van der Waals surface area contributed by atoms with Gasteiger partial charge >= 0.3 is 0 Å². The highest BCUT2D eigenvalue weighted by molar-refractivity contribution is 5.07. The van der Waals surface area contributed by atoms with Crippen molar-refractivity contribution < 1.29 is 5.11 Å². The Balaban J connectivity index is 2.32. The second kappa shape index (κ2) is 4.99. The van der Waals surface area contributed by atoms with E-state index in [1.807, 2.05) is 18.7 Å². The first-order valence-electron chi connectivity index (χ1n) is 4.55. The molecule has 0 aliphatic heterocycles. The fourth-order valence-electron chi connectivity index (χ4n) is 1.25. The molecule has 13 heavy (non-hydrogen) atoms. The summed E-state index contributed by atoms with van der Waals surface area (Å²) >= 11 is 0. The number of aryl methyl sites for hydroxylation is 2. The third-order valence-corrected chi connectivity index (χ3v) is 1.92. The molecular weight excluding hydrogens is 166 g/mol. The first kappa shape index (κ1) is 10.2. The summed E-state index contributed by atoms with van der Waals surface area (Å²) in [5.74, 6) is 0. The van der Waals surface area contributed by atoms with Crippen molar-refractivity contribution in [1.82, 2.24) is 15.1 Å². The van der Waals surface area contributed by atoms with E-state index in [2.05, 4.69) is 16.5 Å². The summed E-state index contributed by atoms with van der Waals surface area (Å²) in [6.07, 6.45) is 0.802. The Morgan fingerprint density at radius 3 is 2.92 bits per heavy atom. The number of rotatable bonds is 5. The number of nitrogens with one attached hydrogen (secondary N) is 1. The Morgan fingerprint density at radius 1 is 1.62 bits per heavy atom. The van der Waals surface area contributed by atoms with E-state index in [9.17, 15) is 0 Å². The number of nitrogens with zero attached hydrogens (tertiary/aromatic N) is 2. The fourth-order valence-corrected chi connectivity index (χ4v) is 1.25. The summed E-state index contributed by atoms with van der Waals surface area (Å²) in [6, 6.07) is 2.06. The van der Waals surface area contributed by atoms with Crippen LogP contribution < -0.4 is 5.32 Å². The molecule has 0 saturated heterocycles. The monoisotopic (exact) mass is 183 g/mol. The van der Waals surface area contributed by atoms with Crippen molar-refractivity contribution in [3.05, 3.63) is 17.5 Å². The van der Waals surface area contributed by atoms with Crippen LogP contribution in [0.25, 0.3) is 0 Å². The summed E-state index contributed by atoms with van der Waals surface area (Å²) < 4.78 is 1.88. The molecular formula is C9H17N3O. The zero-order valence-electron chi connectivity index (χ0n) is 8.25. The normalized spacial score (nSPS) is 10.7. The van der Waals surface area contributed by atoms with Gasteiger partial charge in [-0.05, 0) is 26.0 Å². The smallest absolute Gasteiger partial charge is 0.0597 e. The van der Waals surface area contributed by atoms with Gasteiger partial charge in [0.1, 0.15) is 0 Å². The number of hydrogen-bond donors (Lipinski definition) is 2. The van der Waals surface area contributed by atoms with E-state index in [1.54, 1.807) is 0 Å². The summed E-state index contributed by atoms with van der Waals surface area (Å²) in [6.45, 7) is 3.90. The minimum Gasteiger partial charge on any atom is -0.396 e. The predicted molar refractivity (Wildman–Crippen MR) is 51.4 cm³/mol. The Kier molecular flexibility index (Phi) is 3.92. The number of aliphatic hydroxyl groups is 1. The topological polar surface area (TPSA) is 50.1 Å². The van der Waals surface area contributed by atoms with Gasteiger partial charge in [0, 0.05) is 20.2 Å². The second-order valence-electron chi connectivity index (χ2n) is 3.15. The molecule has 0 aliphatic carbocycles. The SMILES string of the molecule is Cc1cc(CNCCCO)n(C)n1. The van der Waals surface area contributed by atoms with Gasteiger partial charge in [0.25, 0.3) is 0 Å². The maximum atomic E-state index is 8.56. The molecule has 1 aromatic rings. The van der Waals surface area contributed by atoms with E-state index in [-0.39, 0.29) is 6.61 Å². The van der Waals surface area contributed by atoms with Crippen molar-refractivity contribution in [3.8, 4) is 0 Å². The average Bonchev–Trinajstić information content (AvgIpc) is 2.39. The van der Waals surface area contributed by atoms with Gasteiger partial charge in [0.15, 0.2) is 0 Å². The summed E-state index contributed by atoms with van der Waals surface area (Å²) in [5, 5.41) is 16.0. The molecule has 4 heteroatoms. The summed E-state index contributed by atoms with van der Waals surface area (Å²) in [7, 11) is 1.94. The van der Waals surface area contributed by atoms with Crippen LogP contribution >= 0.6 is 0 Å². The van der Waals surface area contributed by atoms with E-state index in [0.29, 0.717) is 0 Å². The van der Waals surface area contributed by atoms with E-state index in [4.69, 9.17) is 5.11 Å². The maximum Gasteiger partial charge on any atom is 0.0597 e. The second-order valence-corrected chi connectivity index (χ2v) is 3.15. The highest BCUT2D eigenvalue weighted by Gasteiger charge is 1.99. The lowest BCUT2D eigenvalue weighted by Crippen LogP contribution is -2.17. The lowest BCUT2D eigenvalue weighted by Gasteiger charge is -2.03. The standard InChI is InChI=1S/C9H17N3O/c1-8-6-9(12(2)11-8)7-10-4-3-5-13/h6,10,13H,3-5,7H2,1-2H3. The Morgan fingerprint density at radius 2 is 2.38 bits per heavy atom. The molecule has 4 nitrogen and oxygen atoms in total. The molecule has 0 bridgehead atoms. The molecule has 0 aromatic carbocycles. The van der Waals surface area contributed by atoms with E-state index in [1.165, 1.54) is 5.69 Å². The fraction of sp³-hybridized carbons (Fsp3) is 0.667. The molecule has 0 unspecified atom stereocenters. The Hall–Kier alpha value is -0.870. The van der Waals surface area contributed by atoms with E-state index in [0.717, 1.165) is 25.2 Å². The van der Waals surface area contributed by atoms with Gasteiger partial charge in [0.05, 0.1) is 11.4 Å². The number of hydrogen-bond acceptors (Lipinski definition) is 3. The van der Waals surface area contributed by atoms with Crippen molar-refractivity contribution in [2.75, 3.05) is 13.2 Å². The van der Waals surface area contributed by atoms with Crippen LogP contribution in [0, 0.1) is 6.92 Å². The largest absolute Gasteiger partial charge is 0.396 e. The number of aliphatic hydroxyl groups excluding tert-OH is 1. The van der Waals surface area contributed by atoms with Gasteiger partial charge in [-0.1, -0.05) is 0 Å². The molecule has 0 amide bonds. The Labute approximate surface area is 78.6 Å². The van der Waals surface area contributed by atoms with Crippen LogP contribution in [-0.2, 0) is 13.6 Å². The molecule has 0 spiro atoms. The van der Waals surface area contributed by atoms with Crippen molar-refractivity contribution in [1.29, 1.82) is 0 Å². The van der Waals surface area contributed by atoms with Crippen LogP contribution in [0.1, 0.15) is 17.8 Å². The van der Waals surface area contributed by atoms with Crippen molar-refractivity contribution >= 4 is 0 Å². The van der Waals surface area contributed by atoms with Crippen molar-refractivity contribution in [3.63, 3.8) is 0 Å². The summed E-state index contributed by atoms with van der Waals surface area (Å²) in [4.78, 5) is 0. The first-order chi connectivity index (χ1) is 6.24. The van der Waals surface area contributed by atoms with Gasteiger partial charge < -0.3 is 10.4 Å². The van der Waals surface area contributed by atoms with E-state index < -0.39 is 0 Å². The number of aromatic nitrogens is 2. The minimum absolute atomic E-state index is 0.247. The van der Waals surface area contributed by atoms with Crippen molar-refractivity contribution in [2.45, 2.75) is 19.9 Å². The van der Waals surface area contributed by atoms with Gasteiger partial charge in [0.2, 0.25) is 0 Å². The highest BCUT2D eigenvalue weighted by atomic mass is 16.3. The van der Waals surface area contributed by atoms with Crippen LogP contribution in [0.3, 0.4) is 0 Å². The van der Waals surface area contributed by atoms with Gasteiger partial charge in [-0.2, -0.15) is 5.10 Å². The van der Waals surface area contributed by atoms with Gasteiger partial charge in [-0.3, -0.25) is 4.68 Å². The molecule has 0 atom stereocenters. The van der Waals surface area contributed by atoms with Gasteiger partial charge in [-0.15, -0.1) is 0 Å². The zero-order valence-corrected chi connectivity index (χ0v) is 8.25. The molecule has 0 fully saturated rings. The van der Waals surface area contributed by atoms with Crippen molar-refractivity contribution in [2.24, 2.45) is 7.05 Å². The highest BCUT2D eigenvalue weighted by Crippen LogP contribution is 2.00. The van der Waals surface area contributed by atoms with Crippen LogP contribution in [0.5, 0.6) is 0 Å². The van der Waals surface area contributed by atoms with Gasteiger partial charge in [-0.25, -0.2) is 0 Å². The third kappa shape index (κ3) is 3.16. The zero-order chi connectivity index (χ0) is 9.68. The Bertz CT molecular complexity index is 257. The molecule has 0 radical (unpaired) electrons. The molecule has 1 heterocycles. The average molecular weight is 183 g/mol. The first-order valence-corrected chi connectivity index (χ1v) is 4.55. The molecule has 1 aromatic heterocycles. The predicted octanol–water partition coefficient (Wildman–Crippen LogP) is 0.201. The van der Waals surface area contributed by atoms with Crippen LogP contribution in [0.4, 0.5) is 0 Å². The minimum atomic E-state index is 0.247. The van der Waals surface area contributed by atoms with Crippen LogP contribution in [0.2, 0.25) is 0 Å². The molecule has 0 saturated carbocycles. The van der Waals surface area contributed by atoms with Crippen LogP contribution in [-0.4, -0.2) is 28.0 Å². The maximum absolute atomic E-state index is 8.56. The lowest BCUT2D eigenvalue weighted by molar-refractivity contribution is 0.286. The van der Waals surface area contributed by atoms with E-state index >= 15 is 0 Å². The van der Waals surface area contributed by atoms with Crippen LogP contribution in [0.15, 0.2) is 6.07 Å². The molecule has 2 N–H and O–H groups in total. The molecule has 74 valence electrons. The third-order valence-electron chi connectivity index (χ3n) is 1.92. The lowest BCUT2D eigenvalue weighted by atomic mass is 10.3. The quantitative estimate of drug-likeness (QED) is 0.641. The molecule has 0 aliphatic rings. The summed E-state index contributed by atoms with van der Waals surface area (Å²) in [5.41, 5.74) is 2.22. The molecule has 1 rings (SSSR count).